The van der Waals surface area contributed by atoms with E-state index in [0.29, 0.717) is 22.6 Å². The van der Waals surface area contributed by atoms with Crippen molar-refractivity contribution in [1.82, 2.24) is 15.1 Å². The SMILES string of the molecule is CN(C(=O)CSc1nnc(-c2ccc3c(c2)OCO3)o1)[C@H]1CCCc2ccccc21. The molecule has 1 aliphatic heterocycles. The number of carbonyl (C=O) groups excluding carboxylic acids is 1. The summed E-state index contributed by atoms with van der Waals surface area (Å²) in [6, 6.07) is 14.0. The summed E-state index contributed by atoms with van der Waals surface area (Å²) in [6.07, 6.45) is 3.15. The summed E-state index contributed by atoms with van der Waals surface area (Å²) in [5.41, 5.74) is 3.35. The minimum atomic E-state index is 0.0459. The molecule has 0 fully saturated rings. The molecule has 0 bridgehead atoms. The monoisotopic (exact) mass is 423 g/mol. The lowest BCUT2D eigenvalue weighted by molar-refractivity contribution is -0.129. The van der Waals surface area contributed by atoms with Crippen LogP contribution in [0, 0.1) is 0 Å². The number of ether oxygens (including phenoxy) is 2. The third kappa shape index (κ3) is 3.63. The van der Waals surface area contributed by atoms with Crippen LogP contribution in [-0.4, -0.2) is 40.6 Å². The van der Waals surface area contributed by atoms with Crippen molar-refractivity contribution in [2.24, 2.45) is 0 Å². The number of hydrogen-bond donors (Lipinski definition) is 0. The molecule has 2 aromatic carbocycles. The Hall–Kier alpha value is -3.00. The largest absolute Gasteiger partial charge is 0.454 e. The highest BCUT2D eigenvalue weighted by Crippen LogP contribution is 2.36. The fourth-order valence-electron chi connectivity index (χ4n) is 3.94. The van der Waals surface area contributed by atoms with E-state index in [1.54, 1.807) is 0 Å². The van der Waals surface area contributed by atoms with Crippen molar-refractivity contribution >= 4 is 17.7 Å². The second-order valence-electron chi connectivity index (χ2n) is 7.34. The molecule has 1 amide bonds. The highest BCUT2D eigenvalue weighted by Gasteiger charge is 2.27. The molecule has 7 nitrogen and oxygen atoms in total. The zero-order valence-corrected chi connectivity index (χ0v) is 17.4. The van der Waals surface area contributed by atoms with Gasteiger partial charge in [-0.15, -0.1) is 10.2 Å². The molecule has 0 saturated carbocycles. The van der Waals surface area contributed by atoms with Crippen molar-refractivity contribution in [2.75, 3.05) is 19.6 Å². The Labute approximate surface area is 178 Å². The van der Waals surface area contributed by atoms with Crippen molar-refractivity contribution < 1.29 is 18.7 Å². The van der Waals surface area contributed by atoms with E-state index >= 15 is 0 Å². The topological polar surface area (TPSA) is 77.7 Å². The van der Waals surface area contributed by atoms with Gasteiger partial charge in [-0.25, -0.2) is 0 Å². The van der Waals surface area contributed by atoms with E-state index in [4.69, 9.17) is 13.9 Å². The maximum atomic E-state index is 12.8. The second-order valence-corrected chi connectivity index (χ2v) is 8.27. The predicted octanol–water partition coefficient (Wildman–Crippen LogP) is 4.09. The average Bonchev–Trinajstić information content (AvgIpc) is 3.45. The number of carbonyl (C=O) groups is 1. The molecule has 2 aliphatic rings. The minimum Gasteiger partial charge on any atom is -0.454 e. The lowest BCUT2D eigenvalue weighted by Crippen LogP contribution is -2.34. The molecule has 8 heteroatoms. The Morgan fingerprint density at radius 1 is 1.17 bits per heavy atom. The summed E-state index contributed by atoms with van der Waals surface area (Å²) >= 11 is 1.26. The Balaban J connectivity index is 1.23. The smallest absolute Gasteiger partial charge is 0.277 e. The molecule has 30 heavy (non-hydrogen) atoms. The van der Waals surface area contributed by atoms with E-state index in [9.17, 15) is 4.79 Å². The summed E-state index contributed by atoms with van der Waals surface area (Å²) in [5, 5.41) is 8.53. The first kappa shape index (κ1) is 19.0. The van der Waals surface area contributed by atoms with Crippen LogP contribution in [0.5, 0.6) is 11.5 Å². The zero-order chi connectivity index (χ0) is 20.5. The Bertz CT molecular complexity index is 1080. The van der Waals surface area contributed by atoms with Crippen molar-refractivity contribution in [3.63, 3.8) is 0 Å². The van der Waals surface area contributed by atoms with Crippen molar-refractivity contribution in [1.29, 1.82) is 0 Å². The van der Waals surface area contributed by atoms with Crippen molar-refractivity contribution in [3.05, 3.63) is 53.6 Å². The molecule has 0 saturated heterocycles. The molecule has 0 radical (unpaired) electrons. The van der Waals surface area contributed by atoms with Gasteiger partial charge in [0, 0.05) is 12.6 Å². The lowest BCUT2D eigenvalue weighted by Gasteiger charge is -2.33. The molecule has 154 valence electrons. The fourth-order valence-corrected chi connectivity index (χ4v) is 4.63. The van der Waals surface area contributed by atoms with Crippen molar-refractivity contribution in [3.8, 4) is 23.0 Å². The van der Waals surface area contributed by atoms with Crippen molar-refractivity contribution in [2.45, 2.75) is 30.5 Å². The highest BCUT2D eigenvalue weighted by molar-refractivity contribution is 7.99. The molecular weight excluding hydrogens is 402 g/mol. The summed E-state index contributed by atoms with van der Waals surface area (Å²) < 4.78 is 16.4. The normalized spacial score (nSPS) is 16.9. The predicted molar refractivity (Wildman–Crippen MR) is 111 cm³/mol. The van der Waals surface area contributed by atoms with E-state index < -0.39 is 0 Å². The molecule has 3 aromatic rings. The van der Waals surface area contributed by atoms with Gasteiger partial charge in [0.25, 0.3) is 5.22 Å². The molecule has 2 heterocycles. The fraction of sp³-hybridized carbons (Fsp3) is 0.318. The lowest BCUT2D eigenvalue weighted by atomic mass is 9.87. The average molecular weight is 423 g/mol. The molecule has 0 N–H and O–H groups in total. The van der Waals surface area contributed by atoms with Crippen LogP contribution in [0.2, 0.25) is 0 Å². The summed E-state index contributed by atoms with van der Waals surface area (Å²) in [6.45, 7) is 0.213. The van der Waals surface area contributed by atoms with Crippen LogP contribution in [-0.2, 0) is 11.2 Å². The zero-order valence-electron chi connectivity index (χ0n) is 16.5. The number of nitrogens with zero attached hydrogens (tertiary/aromatic N) is 3. The minimum absolute atomic E-state index is 0.0459. The van der Waals surface area contributed by atoms with Gasteiger partial charge < -0.3 is 18.8 Å². The van der Waals surface area contributed by atoms with E-state index in [0.717, 1.165) is 24.8 Å². The van der Waals surface area contributed by atoms with E-state index in [1.165, 1.54) is 22.9 Å². The highest BCUT2D eigenvalue weighted by atomic mass is 32.2. The van der Waals surface area contributed by atoms with E-state index in [2.05, 4.69) is 28.4 Å². The first-order chi connectivity index (χ1) is 14.7. The van der Waals surface area contributed by atoms with Gasteiger partial charge in [0.15, 0.2) is 11.5 Å². The van der Waals surface area contributed by atoms with Gasteiger partial charge in [-0.05, 0) is 48.6 Å². The van der Waals surface area contributed by atoms with Gasteiger partial charge in [0.2, 0.25) is 18.6 Å². The number of aromatic nitrogens is 2. The van der Waals surface area contributed by atoms with Gasteiger partial charge in [0.1, 0.15) is 0 Å². The summed E-state index contributed by atoms with van der Waals surface area (Å²) in [5.74, 6) is 2.04. The first-order valence-corrected chi connectivity index (χ1v) is 10.9. The molecular formula is C22H21N3O4S. The number of fused-ring (bicyclic) bond motifs is 2. The Morgan fingerprint density at radius 3 is 2.97 bits per heavy atom. The van der Waals surface area contributed by atoms with Crippen LogP contribution >= 0.6 is 11.8 Å². The van der Waals surface area contributed by atoms with E-state index in [-0.39, 0.29) is 24.5 Å². The third-order valence-electron chi connectivity index (χ3n) is 5.54. The van der Waals surface area contributed by atoms with Gasteiger partial charge >= 0.3 is 0 Å². The Kier molecular flexibility index (Phi) is 5.08. The quantitative estimate of drug-likeness (QED) is 0.572. The Morgan fingerprint density at radius 2 is 2.03 bits per heavy atom. The maximum Gasteiger partial charge on any atom is 0.277 e. The first-order valence-electron chi connectivity index (χ1n) is 9.89. The standard InChI is InChI=1S/C22H21N3O4S/c1-25(17-8-4-6-14-5-2-3-7-16(14)17)20(26)12-30-22-24-23-21(29-22)15-9-10-18-19(11-15)28-13-27-18/h2-3,5,7,9-11,17H,4,6,8,12-13H2,1H3/t17-/m0/s1. The molecule has 1 atom stereocenters. The number of hydrogen-bond acceptors (Lipinski definition) is 7. The van der Waals surface area contributed by atoms with E-state index in [1.807, 2.05) is 36.2 Å². The number of amides is 1. The maximum absolute atomic E-state index is 12.8. The van der Waals surface area contributed by atoms with Gasteiger partial charge in [-0.3, -0.25) is 4.79 Å². The van der Waals surface area contributed by atoms with Crippen LogP contribution in [0.25, 0.3) is 11.5 Å². The number of thioether (sulfide) groups is 1. The van der Waals surface area contributed by atoms with Crippen LogP contribution in [0.3, 0.4) is 0 Å². The number of aryl methyl sites for hydroxylation is 1. The van der Waals surface area contributed by atoms with Crippen LogP contribution in [0.4, 0.5) is 0 Å². The number of benzene rings is 2. The second kappa shape index (κ2) is 8.02. The molecule has 1 aromatic heterocycles. The molecule has 0 unspecified atom stereocenters. The summed E-state index contributed by atoms with van der Waals surface area (Å²) in [4.78, 5) is 14.7. The van der Waals surface area contributed by atoms with Gasteiger partial charge in [-0.2, -0.15) is 0 Å². The third-order valence-corrected chi connectivity index (χ3v) is 6.35. The summed E-state index contributed by atoms with van der Waals surface area (Å²) in [7, 11) is 1.88. The van der Waals surface area contributed by atoms with Crippen LogP contribution < -0.4 is 9.47 Å². The van der Waals surface area contributed by atoms with Crippen LogP contribution in [0.1, 0.15) is 30.0 Å². The molecule has 5 rings (SSSR count). The molecule has 0 spiro atoms. The van der Waals surface area contributed by atoms with Crippen LogP contribution in [0.15, 0.2) is 52.1 Å². The number of rotatable bonds is 5. The van der Waals surface area contributed by atoms with Gasteiger partial charge in [-0.1, -0.05) is 36.0 Å². The molecule has 1 aliphatic carbocycles. The van der Waals surface area contributed by atoms with Gasteiger partial charge in [0.05, 0.1) is 11.8 Å².